The van der Waals surface area contributed by atoms with E-state index in [1.54, 1.807) is 0 Å². The van der Waals surface area contributed by atoms with E-state index in [4.69, 9.17) is 4.42 Å². The topological polar surface area (TPSA) is 13.1 Å². The summed E-state index contributed by atoms with van der Waals surface area (Å²) >= 11 is 0. The molecule has 1 heterocycles. The van der Waals surface area contributed by atoms with Crippen LogP contribution in [-0.2, 0) is 0 Å². The summed E-state index contributed by atoms with van der Waals surface area (Å²) in [5.41, 5.74) is 14.0. The van der Waals surface area contributed by atoms with Gasteiger partial charge in [-0.15, -0.1) is 0 Å². The third-order valence-corrected chi connectivity index (χ3v) is 15.2. The second-order valence-electron chi connectivity index (χ2n) is 19.0. The van der Waals surface area contributed by atoms with E-state index in [1.165, 1.54) is 125 Å². The van der Waals surface area contributed by atoms with E-state index in [1.807, 2.05) is 6.07 Å². The Morgan fingerprint density at radius 2 is 0.549 bits per heavy atom. The first kappa shape index (κ1) is 39.7. The summed E-state index contributed by atoms with van der Waals surface area (Å²) in [7, 11) is 0. The molecule has 1 aromatic heterocycles. The molecule has 15 rings (SSSR count). The fourth-order valence-electron chi connectivity index (χ4n) is 12.0. The van der Waals surface area contributed by atoms with Gasteiger partial charge < -0.3 is 4.42 Å². The van der Waals surface area contributed by atoms with E-state index in [9.17, 15) is 0 Å². The molecule has 71 heavy (non-hydrogen) atoms. The molecule has 0 saturated carbocycles. The van der Waals surface area contributed by atoms with E-state index in [2.05, 4.69) is 249 Å². The predicted octanol–water partition coefficient (Wildman–Crippen LogP) is 20.0. The van der Waals surface area contributed by atoms with Gasteiger partial charge >= 0.3 is 0 Å². The zero-order chi connectivity index (χ0) is 46.6. The van der Waals surface area contributed by atoms with Crippen molar-refractivity contribution in [3.05, 3.63) is 255 Å². The van der Waals surface area contributed by atoms with Crippen LogP contribution in [0.15, 0.2) is 259 Å². The number of para-hydroxylation sites is 2. The third kappa shape index (κ3) is 6.13. The Morgan fingerprint density at radius 3 is 1.07 bits per heavy atom. The van der Waals surface area contributed by atoms with Gasteiger partial charge in [0.25, 0.3) is 0 Å². The lowest BCUT2D eigenvalue weighted by molar-refractivity contribution is 0.670. The normalized spacial score (nSPS) is 11.9. The molecule has 15 aromatic rings. The maximum atomic E-state index is 6.66. The second kappa shape index (κ2) is 15.6. The van der Waals surface area contributed by atoms with Gasteiger partial charge in [0, 0.05) is 21.9 Å². The molecule has 0 unspecified atom stereocenters. The van der Waals surface area contributed by atoms with Crippen LogP contribution >= 0.6 is 0 Å². The minimum atomic E-state index is 0.908. The average Bonchev–Trinajstić information content (AvgIpc) is 3.82. The Morgan fingerprint density at radius 1 is 0.197 bits per heavy atom. The van der Waals surface area contributed by atoms with E-state index in [0.29, 0.717) is 0 Å². The molecular formula is C70H42O. The van der Waals surface area contributed by atoms with Crippen molar-refractivity contribution < 1.29 is 4.42 Å². The van der Waals surface area contributed by atoms with Crippen molar-refractivity contribution in [1.29, 1.82) is 0 Å². The molecule has 0 radical (unpaired) electrons. The Labute approximate surface area is 410 Å². The SMILES string of the molecule is c1ccc2c(-c3c4ccccc4c(-c4ccc5ccc(-c6ccc7ccc(-c8c9ccccc9c(-c9cccc%10c9oc9ccccc9%10)c9ccccc89)cc7c6)cc5c4)c4ccccc34)cccc2c1. The molecule has 0 fully saturated rings. The van der Waals surface area contributed by atoms with E-state index in [0.717, 1.165) is 27.5 Å². The van der Waals surface area contributed by atoms with Gasteiger partial charge in [0.1, 0.15) is 11.2 Å². The maximum Gasteiger partial charge on any atom is 0.143 e. The molecule has 0 amide bonds. The standard InChI is InChI=1S/C70H42O/c1-2-17-52-45(15-1)16-13-27-54(52)68-59-23-7-3-19-55(59)66(56-20-4-8-24-60(56)68)48-37-33-43-31-35-46(39-50(43)41-48)47-36-32-44-34-38-49(42-51(44)40-47)67-57-21-5-9-25-61(57)69(62-26-10-6-22-58(62)67)64-29-14-28-63-53-18-11-12-30-65(53)71-70(63)64/h1-42H. The molecule has 0 aliphatic rings. The van der Waals surface area contributed by atoms with Crippen LogP contribution in [0.3, 0.4) is 0 Å². The molecule has 0 spiro atoms. The molecule has 328 valence electrons. The smallest absolute Gasteiger partial charge is 0.143 e. The highest BCUT2D eigenvalue weighted by atomic mass is 16.3. The van der Waals surface area contributed by atoms with Crippen molar-refractivity contribution in [2.45, 2.75) is 0 Å². The van der Waals surface area contributed by atoms with Crippen molar-refractivity contribution in [3.63, 3.8) is 0 Å². The van der Waals surface area contributed by atoms with Gasteiger partial charge in [-0.2, -0.15) is 0 Å². The van der Waals surface area contributed by atoms with E-state index >= 15 is 0 Å². The van der Waals surface area contributed by atoms with Crippen LogP contribution in [0, 0.1) is 0 Å². The summed E-state index contributed by atoms with van der Waals surface area (Å²) in [6.45, 7) is 0. The van der Waals surface area contributed by atoms with Crippen molar-refractivity contribution >= 4 is 97.3 Å². The highest BCUT2D eigenvalue weighted by Gasteiger charge is 2.22. The summed E-state index contributed by atoms with van der Waals surface area (Å²) in [6.07, 6.45) is 0. The van der Waals surface area contributed by atoms with Gasteiger partial charge in [0.05, 0.1) is 0 Å². The van der Waals surface area contributed by atoms with Gasteiger partial charge in [0.2, 0.25) is 0 Å². The van der Waals surface area contributed by atoms with Crippen LogP contribution in [0.5, 0.6) is 0 Å². The van der Waals surface area contributed by atoms with Crippen LogP contribution in [-0.4, -0.2) is 0 Å². The zero-order valence-electron chi connectivity index (χ0n) is 38.7. The first-order valence-electron chi connectivity index (χ1n) is 24.6. The Balaban J connectivity index is 0.865. The minimum Gasteiger partial charge on any atom is -0.455 e. The monoisotopic (exact) mass is 898 g/mol. The number of rotatable bonds is 5. The first-order valence-corrected chi connectivity index (χ1v) is 24.6. The van der Waals surface area contributed by atoms with Crippen molar-refractivity contribution in [2.24, 2.45) is 0 Å². The van der Waals surface area contributed by atoms with Crippen LogP contribution in [0.2, 0.25) is 0 Å². The number of hydrogen-bond acceptors (Lipinski definition) is 1. The van der Waals surface area contributed by atoms with Crippen LogP contribution < -0.4 is 0 Å². The Hall–Kier alpha value is -9.30. The lowest BCUT2D eigenvalue weighted by atomic mass is 9.84. The van der Waals surface area contributed by atoms with E-state index < -0.39 is 0 Å². The molecule has 0 N–H and O–H groups in total. The molecule has 0 aliphatic carbocycles. The fourth-order valence-corrected chi connectivity index (χ4v) is 12.0. The largest absolute Gasteiger partial charge is 0.455 e. The minimum absolute atomic E-state index is 0.908. The number of hydrogen-bond donors (Lipinski definition) is 0. The predicted molar refractivity (Wildman–Crippen MR) is 303 cm³/mol. The van der Waals surface area contributed by atoms with Gasteiger partial charge in [-0.25, -0.2) is 0 Å². The van der Waals surface area contributed by atoms with Gasteiger partial charge in [-0.05, 0) is 150 Å². The molecule has 0 saturated heterocycles. The fraction of sp³-hybridized carbons (Fsp3) is 0. The molecule has 0 atom stereocenters. The second-order valence-corrected chi connectivity index (χ2v) is 19.0. The highest BCUT2D eigenvalue weighted by Crippen LogP contribution is 2.48. The Bertz CT molecular complexity index is 4580. The van der Waals surface area contributed by atoms with Crippen LogP contribution in [0.4, 0.5) is 0 Å². The van der Waals surface area contributed by atoms with E-state index in [-0.39, 0.29) is 0 Å². The maximum absolute atomic E-state index is 6.66. The molecular weight excluding hydrogens is 857 g/mol. The Kier molecular flexibility index (Phi) is 8.73. The van der Waals surface area contributed by atoms with Gasteiger partial charge in [-0.3, -0.25) is 0 Å². The molecule has 1 nitrogen and oxygen atoms in total. The lowest BCUT2D eigenvalue weighted by Gasteiger charge is -2.19. The molecule has 0 aliphatic heterocycles. The number of fused-ring (bicyclic) bond motifs is 10. The number of furan rings is 1. The summed E-state index contributed by atoms with van der Waals surface area (Å²) in [5.74, 6) is 0. The van der Waals surface area contributed by atoms with Crippen molar-refractivity contribution in [2.75, 3.05) is 0 Å². The lowest BCUT2D eigenvalue weighted by Crippen LogP contribution is -1.92. The average molecular weight is 899 g/mol. The van der Waals surface area contributed by atoms with Gasteiger partial charge in [-0.1, -0.05) is 224 Å². The zero-order valence-corrected chi connectivity index (χ0v) is 38.7. The number of benzene rings is 14. The molecule has 0 bridgehead atoms. The summed E-state index contributed by atoms with van der Waals surface area (Å²) in [6, 6.07) is 93.9. The first-order chi connectivity index (χ1) is 35.2. The van der Waals surface area contributed by atoms with Gasteiger partial charge in [0.15, 0.2) is 0 Å². The summed E-state index contributed by atoms with van der Waals surface area (Å²) in [4.78, 5) is 0. The quantitative estimate of drug-likeness (QED) is 0.157. The molecule has 14 aromatic carbocycles. The van der Waals surface area contributed by atoms with Crippen molar-refractivity contribution in [3.8, 4) is 55.6 Å². The highest BCUT2D eigenvalue weighted by molar-refractivity contribution is 6.26. The summed E-state index contributed by atoms with van der Waals surface area (Å²) < 4.78 is 6.66. The third-order valence-electron chi connectivity index (χ3n) is 15.2. The molecule has 1 heteroatoms. The summed E-state index contributed by atoms with van der Waals surface area (Å²) in [5, 5.41) is 19.6. The van der Waals surface area contributed by atoms with Crippen LogP contribution in [0.25, 0.3) is 153 Å². The van der Waals surface area contributed by atoms with Crippen molar-refractivity contribution in [1.82, 2.24) is 0 Å². The van der Waals surface area contributed by atoms with Crippen LogP contribution in [0.1, 0.15) is 0 Å².